The van der Waals surface area contributed by atoms with Gasteiger partial charge >= 0.3 is 0 Å². The standard InChI is InChI=1S/C21H28N2O2/c1-16(22(2)3)18-9-7-8-17(12-18)13-23-14-19(15-23)25-21-11-6-5-10-20(21)24-4/h5-12,16,19H,13-15H2,1-4H3/t16-/m0/s1. The molecule has 1 fully saturated rings. The van der Waals surface area contributed by atoms with E-state index in [4.69, 9.17) is 9.47 Å². The Labute approximate surface area is 151 Å². The summed E-state index contributed by atoms with van der Waals surface area (Å²) in [7, 11) is 5.91. The Hall–Kier alpha value is -2.04. The first-order valence-electron chi connectivity index (χ1n) is 8.84. The number of hydrogen-bond acceptors (Lipinski definition) is 4. The van der Waals surface area contributed by atoms with Crippen molar-refractivity contribution in [1.29, 1.82) is 0 Å². The third-order valence-electron chi connectivity index (χ3n) is 4.90. The molecule has 0 spiro atoms. The number of hydrogen-bond donors (Lipinski definition) is 0. The molecule has 0 unspecified atom stereocenters. The summed E-state index contributed by atoms with van der Waals surface area (Å²) in [6.45, 7) is 5.11. The van der Waals surface area contributed by atoms with E-state index in [1.807, 2.05) is 24.3 Å². The van der Waals surface area contributed by atoms with Crippen molar-refractivity contribution in [1.82, 2.24) is 9.80 Å². The van der Waals surface area contributed by atoms with Crippen LogP contribution in [-0.2, 0) is 6.54 Å². The maximum atomic E-state index is 6.06. The molecular formula is C21H28N2O2. The number of rotatable bonds is 7. The Morgan fingerprint density at radius 2 is 1.80 bits per heavy atom. The Morgan fingerprint density at radius 1 is 1.08 bits per heavy atom. The van der Waals surface area contributed by atoms with Crippen LogP contribution in [-0.4, -0.2) is 50.2 Å². The first kappa shape index (κ1) is 17.8. The van der Waals surface area contributed by atoms with Crippen LogP contribution in [0, 0.1) is 0 Å². The third kappa shape index (κ3) is 4.33. The van der Waals surface area contributed by atoms with Crippen LogP contribution >= 0.6 is 0 Å². The van der Waals surface area contributed by atoms with E-state index in [1.165, 1.54) is 11.1 Å². The van der Waals surface area contributed by atoms with Crippen molar-refractivity contribution in [2.45, 2.75) is 25.6 Å². The summed E-state index contributed by atoms with van der Waals surface area (Å²) in [5, 5.41) is 0. The average Bonchev–Trinajstić information content (AvgIpc) is 2.59. The number of para-hydroxylation sites is 2. The van der Waals surface area contributed by atoms with Gasteiger partial charge in [-0.2, -0.15) is 0 Å². The Kier molecular flexibility index (Phi) is 5.61. The van der Waals surface area contributed by atoms with Crippen molar-refractivity contribution in [2.24, 2.45) is 0 Å². The molecule has 0 aromatic heterocycles. The molecule has 0 aliphatic carbocycles. The molecule has 0 N–H and O–H groups in total. The van der Waals surface area contributed by atoms with Gasteiger partial charge in [-0.15, -0.1) is 0 Å². The van der Waals surface area contributed by atoms with Gasteiger partial charge in [0.2, 0.25) is 0 Å². The van der Waals surface area contributed by atoms with Gasteiger partial charge in [0.1, 0.15) is 6.10 Å². The van der Waals surface area contributed by atoms with Crippen molar-refractivity contribution >= 4 is 0 Å². The summed E-state index contributed by atoms with van der Waals surface area (Å²) in [4.78, 5) is 4.65. The van der Waals surface area contributed by atoms with Gasteiger partial charge in [-0.3, -0.25) is 4.90 Å². The van der Waals surface area contributed by atoms with Gasteiger partial charge in [0.25, 0.3) is 0 Å². The van der Waals surface area contributed by atoms with Gasteiger partial charge in [-0.05, 0) is 44.3 Å². The fourth-order valence-electron chi connectivity index (χ4n) is 3.13. The van der Waals surface area contributed by atoms with Crippen molar-refractivity contribution < 1.29 is 9.47 Å². The van der Waals surface area contributed by atoms with Crippen LogP contribution in [0.1, 0.15) is 24.1 Å². The van der Waals surface area contributed by atoms with E-state index in [0.29, 0.717) is 6.04 Å². The number of ether oxygens (including phenoxy) is 2. The maximum Gasteiger partial charge on any atom is 0.161 e. The molecular weight excluding hydrogens is 312 g/mol. The van der Waals surface area contributed by atoms with Gasteiger partial charge < -0.3 is 14.4 Å². The SMILES string of the molecule is COc1ccccc1OC1CN(Cc2cccc([C@H](C)N(C)C)c2)C1. The lowest BCUT2D eigenvalue weighted by atomic mass is 10.0. The van der Waals surface area contributed by atoms with Crippen LogP contribution in [0.15, 0.2) is 48.5 Å². The van der Waals surface area contributed by atoms with Gasteiger partial charge in [-0.25, -0.2) is 0 Å². The van der Waals surface area contributed by atoms with E-state index in [-0.39, 0.29) is 6.10 Å². The fraction of sp³-hybridized carbons (Fsp3) is 0.429. The van der Waals surface area contributed by atoms with E-state index in [1.54, 1.807) is 7.11 Å². The first-order chi connectivity index (χ1) is 12.1. The lowest BCUT2D eigenvalue weighted by Gasteiger charge is -2.39. The van der Waals surface area contributed by atoms with Crippen molar-refractivity contribution in [3.8, 4) is 11.5 Å². The fourth-order valence-corrected chi connectivity index (χ4v) is 3.13. The summed E-state index contributed by atoms with van der Waals surface area (Å²) in [5.41, 5.74) is 2.73. The predicted molar refractivity (Wildman–Crippen MR) is 101 cm³/mol. The molecule has 0 saturated carbocycles. The summed E-state index contributed by atoms with van der Waals surface area (Å²) in [5.74, 6) is 1.63. The van der Waals surface area contributed by atoms with Gasteiger partial charge in [-0.1, -0.05) is 36.4 Å². The first-order valence-corrected chi connectivity index (χ1v) is 8.84. The Morgan fingerprint density at radius 3 is 2.48 bits per heavy atom. The monoisotopic (exact) mass is 340 g/mol. The number of nitrogens with zero attached hydrogens (tertiary/aromatic N) is 2. The zero-order chi connectivity index (χ0) is 17.8. The highest BCUT2D eigenvalue weighted by molar-refractivity contribution is 5.39. The second kappa shape index (κ2) is 7.89. The van der Waals surface area contributed by atoms with Crippen LogP contribution in [0.25, 0.3) is 0 Å². The Bertz CT molecular complexity index is 696. The minimum absolute atomic E-state index is 0.236. The summed E-state index contributed by atoms with van der Waals surface area (Å²) in [6.07, 6.45) is 0.236. The molecule has 2 aromatic carbocycles. The van der Waals surface area contributed by atoms with E-state index < -0.39 is 0 Å². The van der Waals surface area contributed by atoms with E-state index >= 15 is 0 Å². The molecule has 1 atom stereocenters. The zero-order valence-electron chi connectivity index (χ0n) is 15.6. The highest BCUT2D eigenvalue weighted by Crippen LogP contribution is 2.29. The van der Waals surface area contributed by atoms with E-state index in [0.717, 1.165) is 31.1 Å². The lowest BCUT2D eigenvalue weighted by molar-refractivity contribution is 0.0131. The summed E-state index contributed by atoms with van der Waals surface area (Å²) < 4.78 is 11.4. The smallest absolute Gasteiger partial charge is 0.161 e. The van der Waals surface area contributed by atoms with Crippen LogP contribution in [0.3, 0.4) is 0 Å². The predicted octanol–water partition coefficient (Wildman–Crippen LogP) is 3.58. The van der Waals surface area contributed by atoms with Crippen molar-refractivity contribution in [2.75, 3.05) is 34.3 Å². The Balaban J connectivity index is 1.53. The quantitative estimate of drug-likeness (QED) is 0.769. The van der Waals surface area contributed by atoms with E-state index in [9.17, 15) is 0 Å². The molecule has 0 radical (unpaired) electrons. The lowest BCUT2D eigenvalue weighted by Crippen LogP contribution is -2.53. The molecule has 4 nitrogen and oxygen atoms in total. The van der Waals surface area contributed by atoms with Gasteiger partial charge in [0.05, 0.1) is 7.11 Å². The van der Waals surface area contributed by atoms with Crippen LogP contribution in [0.4, 0.5) is 0 Å². The normalized spacial score (nSPS) is 16.5. The second-order valence-electron chi connectivity index (χ2n) is 6.97. The second-order valence-corrected chi connectivity index (χ2v) is 6.97. The van der Waals surface area contributed by atoms with Crippen LogP contribution in [0.5, 0.6) is 11.5 Å². The van der Waals surface area contributed by atoms with E-state index in [2.05, 4.69) is 55.1 Å². The molecule has 1 aliphatic heterocycles. The van der Waals surface area contributed by atoms with Gasteiger partial charge in [0.15, 0.2) is 11.5 Å². The highest BCUT2D eigenvalue weighted by Gasteiger charge is 2.29. The zero-order valence-corrected chi connectivity index (χ0v) is 15.6. The molecule has 3 rings (SSSR count). The number of methoxy groups -OCH3 is 1. The molecule has 25 heavy (non-hydrogen) atoms. The third-order valence-corrected chi connectivity index (χ3v) is 4.90. The molecule has 1 saturated heterocycles. The van der Waals surface area contributed by atoms with Crippen LogP contribution in [0.2, 0.25) is 0 Å². The highest BCUT2D eigenvalue weighted by atomic mass is 16.5. The average molecular weight is 340 g/mol. The molecule has 4 heteroatoms. The van der Waals surface area contributed by atoms with Crippen molar-refractivity contribution in [3.63, 3.8) is 0 Å². The minimum Gasteiger partial charge on any atom is -0.493 e. The minimum atomic E-state index is 0.236. The van der Waals surface area contributed by atoms with Crippen LogP contribution < -0.4 is 9.47 Å². The largest absolute Gasteiger partial charge is 0.493 e. The molecule has 0 amide bonds. The molecule has 1 aliphatic rings. The summed E-state index contributed by atoms with van der Waals surface area (Å²) >= 11 is 0. The molecule has 134 valence electrons. The molecule has 2 aromatic rings. The maximum absolute atomic E-state index is 6.06. The number of benzene rings is 2. The number of likely N-dealkylation sites (tertiary alicyclic amines) is 1. The summed E-state index contributed by atoms with van der Waals surface area (Å²) in [6, 6.07) is 17.2. The molecule has 1 heterocycles. The van der Waals surface area contributed by atoms with Crippen molar-refractivity contribution in [3.05, 3.63) is 59.7 Å². The molecule has 0 bridgehead atoms. The topological polar surface area (TPSA) is 24.9 Å². The van der Waals surface area contributed by atoms with Gasteiger partial charge in [0, 0.05) is 25.7 Å².